The topological polar surface area (TPSA) is 111 Å². The second-order valence-electron chi connectivity index (χ2n) is 7.86. The average Bonchev–Trinajstić information content (AvgIpc) is 3.26. The molecule has 3 aromatic heterocycles. The van der Waals surface area contributed by atoms with E-state index in [0.29, 0.717) is 23.0 Å². The first-order valence-corrected chi connectivity index (χ1v) is 12.6. The molecule has 0 aliphatic heterocycles. The van der Waals surface area contributed by atoms with Gasteiger partial charge in [-0.1, -0.05) is 18.2 Å². The van der Waals surface area contributed by atoms with Crippen LogP contribution in [-0.4, -0.2) is 41.4 Å². The zero-order valence-electron chi connectivity index (χ0n) is 19.0. The van der Waals surface area contributed by atoms with E-state index in [9.17, 15) is 8.42 Å². The van der Waals surface area contributed by atoms with Gasteiger partial charge in [-0.15, -0.1) is 5.10 Å². The summed E-state index contributed by atoms with van der Waals surface area (Å²) < 4.78 is 32.5. The van der Waals surface area contributed by atoms with Crippen LogP contribution in [0.3, 0.4) is 0 Å². The molecule has 0 amide bonds. The van der Waals surface area contributed by atoms with Crippen molar-refractivity contribution in [3.8, 4) is 28.3 Å². The highest BCUT2D eigenvalue weighted by Crippen LogP contribution is 2.25. The minimum atomic E-state index is -3.35. The van der Waals surface area contributed by atoms with Gasteiger partial charge in [-0.2, -0.15) is 4.98 Å². The summed E-state index contributed by atoms with van der Waals surface area (Å²) in [5.74, 6) is 1.23. The summed E-state index contributed by atoms with van der Waals surface area (Å²) in [6.45, 7) is 0. The number of pyridine rings is 2. The van der Waals surface area contributed by atoms with Crippen LogP contribution >= 0.6 is 0 Å². The van der Waals surface area contributed by atoms with Crippen molar-refractivity contribution in [2.45, 2.75) is 0 Å². The summed E-state index contributed by atoms with van der Waals surface area (Å²) in [6.07, 6.45) is 2.80. The highest BCUT2D eigenvalue weighted by Gasteiger charge is 2.10. The standard InChI is InChI=1S/C25H22N6O3S/c1-34-21-12-9-17(10-13-21)23-7-4-8-24-28-25(29-31(23)24)27-20-11-14-22(26-16-20)18-5-3-6-19(15-18)30-35(2,32)33/h3-16,30H,1-2H3,(H,27,29). The number of aromatic nitrogens is 4. The van der Waals surface area contributed by atoms with E-state index in [1.54, 1.807) is 36.0 Å². The van der Waals surface area contributed by atoms with E-state index in [-0.39, 0.29) is 0 Å². The number of hydrogen-bond acceptors (Lipinski definition) is 7. The molecule has 5 rings (SSSR count). The fourth-order valence-electron chi connectivity index (χ4n) is 3.66. The largest absolute Gasteiger partial charge is 0.497 e. The Morgan fingerprint density at radius 2 is 1.69 bits per heavy atom. The normalized spacial score (nSPS) is 11.4. The lowest BCUT2D eigenvalue weighted by Gasteiger charge is -2.07. The number of fused-ring (bicyclic) bond motifs is 1. The number of methoxy groups -OCH3 is 1. The predicted octanol–water partition coefficient (Wildman–Crippen LogP) is 4.58. The molecule has 0 unspecified atom stereocenters. The minimum Gasteiger partial charge on any atom is -0.497 e. The Morgan fingerprint density at radius 3 is 2.40 bits per heavy atom. The summed E-state index contributed by atoms with van der Waals surface area (Å²) in [7, 11) is -1.72. The van der Waals surface area contributed by atoms with Crippen LogP contribution in [0.2, 0.25) is 0 Å². The van der Waals surface area contributed by atoms with Crippen molar-refractivity contribution >= 4 is 33.0 Å². The number of nitrogens with one attached hydrogen (secondary N) is 2. The summed E-state index contributed by atoms with van der Waals surface area (Å²) in [4.78, 5) is 9.08. The molecule has 176 valence electrons. The Bertz CT molecular complexity index is 1600. The van der Waals surface area contributed by atoms with Gasteiger partial charge in [0.25, 0.3) is 0 Å². The molecular formula is C25H22N6O3S. The lowest BCUT2D eigenvalue weighted by Crippen LogP contribution is -2.09. The fraction of sp³-hybridized carbons (Fsp3) is 0.0800. The molecule has 5 aromatic rings. The number of anilines is 3. The molecule has 2 aromatic carbocycles. The molecule has 0 fully saturated rings. The minimum absolute atomic E-state index is 0.444. The van der Waals surface area contributed by atoms with E-state index in [4.69, 9.17) is 4.74 Å². The number of rotatable bonds is 7. The van der Waals surface area contributed by atoms with Gasteiger partial charge in [0.1, 0.15) is 5.75 Å². The zero-order chi connectivity index (χ0) is 24.4. The zero-order valence-corrected chi connectivity index (χ0v) is 19.8. The smallest absolute Gasteiger partial charge is 0.247 e. The molecule has 2 N–H and O–H groups in total. The summed E-state index contributed by atoms with van der Waals surface area (Å²) in [5, 5.41) is 7.82. The van der Waals surface area contributed by atoms with Gasteiger partial charge >= 0.3 is 0 Å². The molecule has 0 radical (unpaired) electrons. The maximum Gasteiger partial charge on any atom is 0.247 e. The van der Waals surface area contributed by atoms with E-state index in [1.807, 2.05) is 60.7 Å². The summed E-state index contributed by atoms with van der Waals surface area (Å²) in [6, 6.07) is 24.4. The van der Waals surface area contributed by atoms with Crippen LogP contribution in [-0.2, 0) is 10.0 Å². The van der Waals surface area contributed by atoms with Crippen LogP contribution in [0.1, 0.15) is 0 Å². The lowest BCUT2D eigenvalue weighted by atomic mass is 10.1. The molecule has 3 heterocycles. The van der Waals surface area contributed by atoms with E-state index in [0.717, 1.165) is 34.5 Å². The molecule has 0 spiro atoms. The van der Waals surface area contributed by atoms with Gasteiger partial charge in [0, 0.05) is 16.8 Å². The van der Waals surface area contributed by atoms with Crippen LogP contribution in [0.4, 0.5) is 17.3 Å². The first-order valence-electron chi connectivity index (χ1n) is 10.7. The van der Waals surface area contributed by atoms with Gasteiger partial charge in [-0.25, -0.2) is 12.9 Å². The highest BCUT2D eigenvalue weighted by atomic mass is 32.2. The molecule has 9 nitrogen and oxygen atoms in total. The van der Waals surface area contributed by atoms with Crippen LogP contribution in [0.25, 0.3) is 28.2 Å². The van der Waals surface area contributed by atoms with Crippen molar-refractivity contribution in [1.29, 1.82) is 0 Å². The Hall–Kier alpha value is -4.44. The second kappa shape index (κ2) is 9.07. The van der Waals surface area contributed by atoms with E-state index >= 15 is 0 Å². The third kappa shape index (κ3) is 5.07. The Morgan fingerprint density at radius 1 is 0.886 bits per heavy atom. The van der Waals surface area contributed by atoms with E-state index in [1.165, 1.54) is 0 Å². The van der Waals surface area contributed by atoms with Gasteiger partial charge in [0.2, 0.25) is 16.0 Å². The van der Waals surface area contributed by atoms with Gasteiger partial charge in [-0.05, 0) is 60.7 Å². The van der Waals surface area contributed by atoms with Crippen molar-refractivity contribution in [2.24, 2.45) is 0 Å². The number of benzene rings is 2. The Labute approximate surface area is 202 Å². The first kappa shape index (κ1) is 22.4. The van der Waals surface area contributed by atoms with Crippen molar-refractivity contribution in [3.63, 3.8) is 0 Å². The van der Waals surface area contributed by atoms with Gasteiger partial charge in [-0.3, -0.25) is 9.71 Å². The maximum absolute atomic E-state index is 11.5. The molecule has 0 aliphatic rings. The van der Waals surface area contributed by atoms with E-state index < -0.39 is 10.0 Å². The first-order chi connectivity index (χ1) is 16.9. The van der Waals surface area contributed by atoms with Gasteiger partial charge in [0.15, 0.2) is 5.65 Å². The van der Waals surface area contributed by atoms with Crippen LogP contribution in [0, 0.1) is 0 Å². The number of sulfonamides is 1. The maximum atomic E-state index is 11.5. The third-order valence-corrected chi connectivity index (χ3v) is 5.83. The molecule has 0 aliphatic carbocycles. The van der Waals surface area contributed by atoms with Crippen LogP contribution in [0.5, 0.6) is 5.75 Å². The second-order valence-corrected chi connectivity index (χ2v) is 9.61. The molecule has 0 atom stereocenters. The van der Waals surface area contributed by atoms with E-state index in [2.05, 4.69) is 25.1 Å². The summed E-state index contributed by atoms with van der Waals surface area (Å²) in [5.41, 5.74) is 5.31. The molecule has 35 heavy (non-hydrogen) atoms. The number of nitrogens with zero attached hydrogens (tertiary/aromatic N) is 4. The van der Waals surface area contributed by atoms with Crippen molar-refractivity contribution in [3.05, 3.63) is 85.1 Å². The average molecular weight is 487 g/mol. The Balaban J connectivity index is 1.37. The molecule has 0 saturated carbocycles. The fourth-order valence-corrected chi connectivity index (χ4v) is 4.22. The predicted molar refractivity (Wildman–Crippen MR) is 136 cm³/mol. The molecule has 0 bridgehead atoms. The summed E-state index contributed by atoms with van der Waals surface area (Å²) >= 11 is 0. The SMILES string of the molecule is COc1ccc(-c2cccc3nc(Nc4ccc(-c5cccc(NS(C)(=O)=O)c5)nc4)nn23)cc1. The van der Waals surface area contributed by atoms with Crippen molar-refractivity contribution in [1.82, 2.24) is 19.6 Å². The van der Waals surface area contributed by atoms with Crippen molar-refractivity contribution in [2.75, 3.05) is 23.4 Å². The van der Waals surface area contributed by atoms with Crippen molar-refractivity contribution < 1.29 is 13.2 Å². The molecule has 10 heteroatoms. The van der Waals surface area contributed by atoms with Crippen LogP contribution in [0.15, 0.2) is 85.1 Å². The molecular weight excluding hydrogens is 464 g/mol. The quantitative estimate of drug-likeness (QED) is 0.346. The monoisotopic (exact) mass is 486 g/mol. The number of ether oxygens (including phenoxy) is 1. The number of hydrogen-bond donors (Lipinski definition) is 2. The Kier molecular flexibility index (Phi) is 5.79. The third-order valence-electron chi connectivity index (χ3n) is 5.23. The van der Waals surface area contributed by atoms with Crippen LogP contribution < -0.4 is 14.8 Å². The molecule has 0 saturated heterocycles. The highest BCUT2D eigenvalue weighted by molar-refractivity contribution is 7.92. The van der Waals surface area contributed by atoms with Gasteiger partial charge in [0.05, 0.1) is 36.6 Å². The lowest BCUT2D eigenvalue weighted by molar-refractivity contribution is 0.415. The van der Waals surface area contributed by atoms with Gasteiger partial charge < -0.3 is 10.1 Å².